The molecule has 18 heavy (non-hydrogen) atoms. The molecule has 1 aromatic heterocycles. The zero-order valence-electron chi connectivity index (χ0n) is 10.8. The maximum Gasteiger partial charge on any atom is 0.0798 e. The second-order valence-corrected chi connectivity index (χ2v) is 7.26. The van der Waals surface area contributed by atoms with Gasteiger partial charge in [-0.2, -0.15) is 0 Å². The lowest BCUT2D eigenvalue weighted by Crippen LogP contribution is -2.28. The molecule has 2 saturated heterocycles. The average Bonchev–Trinajstić information content (AvgIpc) is 2.80. The smallest absolute Gasteiger partial charge is 0.0798 e. The first kappa shape index (κ1) is 11.4. The molecular weight excluding hydrogens is 242 g/mol. The van der Waals surface area contributed by atoms with E-state index >= 15 is 0 Å². The van der Waals surface area contributed by atoms with Crippen LogP contribution in [0.1, 0.15) is 42.2 Å². The van der Waals surface area contributed by atoms with Crippen molar-refractivity contribution < 1.29 is 0 Å². The molecule has 0 radical (unpaired) electrons. The third kappa shape index (κ3) is 2.00. The summed E-state index contributed by atoms with van der Waals surface area (Å²) in [4.78, 5) is 8.79. The van der Waals surface area contributed by atoms with E-state index in [9.17, 15) is 0 Å². The van der Waals surface area contributed by atoms with Gasteiger partial charge in [-0.3, -0.25) is 4.90 Å². The van der Waals surface area contributed by atoms with E-state index in [1.807, 2.05) is 16.8 Å². The molecule has 1 atom stereocenters. The number of hydrogen-bond acceptors (Lipinski definition) is 4. The molecule has 1 aromatic rings. The lowest BCUT2D eigenvalue weighted by molar-refractivity contribution is 0.269. The fraction of sp³-hybridized carbons (Fsp3) is 0.786. The maximum absolute atomic E-state index is 4.59. The van der Waals surface area contributed by atoms with Crippen LogP contribution in [0.2, 0.25) is 0 Å². The van der Waals surface area contributed by atoms with E-state index < -0.39 is 0 Å². The van der Waals surface area contributed by atoms with Gasteiger partial charge in [0.25, 0.3) is 0 Å². The second kappa shape index (κ2) is 4.29. The Morgan fingerprint density at radius 2 is 2.39 bits per heavy atom. The Morgan fingerprint density at radius 1 is 1.44 bits per heavy atom. The van der Waals surface area contributed by atoms with Crippen LogP contribution in [-0.2, 0) is 6.54 Å². The number of hydrogen-bond donors (Lipinski definition) is 1. The lowest BCUT2D eigenvalue weighted by atomic mass is 9.87. The van der Waals surface area contributed by atoms with Gasteiger partial charge in [-0.1, -0.05) is 0 Å². The fourth-order valence-corrected chi connectivity index (χ4v) is 4.49. The highest BCUT2D eigenvalue weighted by atomic mass is 32.1. The Labute approximate surface area is 113 Å². The molecule has 4 heteroatoms. The lowest BCUT2D eigenvalue weighted by Gasteiger charge is -2.22. The van der Waals surface area contributed by atoms with Crippen LogP contribution in [0, 0.1) is 5.41 Å². The Morgan fingerprint density at radius 3 is 3.17 bits per heavy atom. The summed E-state index contributed by atoms with van der Waals surface area (Å²) >= 11 is 1.87. The van der Waals surface area contributed by atoms with E-state index in [4.69, 9.17) is 0 Å². The SMILES string of the molecule is c1nc(C2CC2)c(CN2CCC3(CCNC3)C2)s1. The van der Waals surface area contributed by atoms with Crippen LogP contribution >= 0.6 is 11.3 Å². The molecule has 98 valence electrons. The predicted octanol–water partition coefficient (Wildman–Crippen LogP) is 2.21. The maximum atomic E-state index is 4.59. The van der Waals surface area contributed by atoms with Gasteiger partial charge in [-0.25, -0.2) is 4.98 Å². The van der Waals surface area contributed by atoms with Crippen molar-refractivity contribution in [3.8, 4) is 0 Å². The number of nitrogens with zero attached hydrogens (tertiary/aromatic N) is 2. The van der Waals surface area contributed by atoms with Gasteiger partial charge in [0.1, 0.15) is 0 Å². The Kier molecular flexibility index (Phi) is 2.71. The third-order valence-electron chi connectivity index (χ3n) is 4.85. The first-order valence-electron chi connectivity index (χ1n) is 7.20. The van der Waals surface area contributed by atoms with Crippen LogP contribution in [-0.4, -0.2) is 36.1 Å². The topological polar surface area (TPSA) is 28.2 Å². The van der Waals surface area contributed by atoms with Gasteiger partial charge in [0.15, 0.2) is 0 Å². The monoisotopic (exact) mass is 263 g/mol. The van der Waals surface area contributed by atoms with Crippen LogP contribution < -0.4 is 5.32 Å². The highest BCUT2D eigenvalue weighted by Gasteiger charge is 2.40. The van der Waals surface area contributed by atoms with E-state index in [0.29, 0.717) is 5.41 Å². The van der Waals surface area contributed by atoms with E-state index in [0.717, 1.165) is 12.5 Å². The fourth-order valence-electron chi connectivity index (χ4n) is 3.60. The zero-order valence-corrected chi connectivity index (χ0v) is 11.6. The standard InChI is InChI=1S/C14H21N3S/c1-2-11(1)13-12(18-10-16-13)7-17-6-4-14(9-17)3-5-15-8-14/h10-11,15H,1-9H2. The molecule has 0 amide bonds. The number of nitrogens with one attached hydrogen (secondary N) is 1. The van der Waals surface area contributed by atoms with E-state index in [-0.39, 0.29) is 0 Å². The summed E-state index contributed by atoms with van der Waals surface area (Å²) in [5.41, 5.74) is 4.07. The van der Waals surface area contributed by atoms with Gasteiger partial charge in [-0.15, -0.1) is 11.3 Å². The molecule has 1 unspecified atom stereocenters. The van der Waals surface area contributed by atoms with Crippen molar-refractivity contribution in [3.05, 3.63) is 16.1 Å². The summed E-state index contributed by atoms with van der Waals surface area (Å²) in [5.74, 6) is 0.802. The van der Waals surface area contributed by atoms with Crippen molar-refractivity contribution >= 4 is 11.3 Å². The van der Waals surface area contributed by atoms with Crippen LogP contribution in [0.4, 0.5) is 0 Å². The molecule has 1 saturated carbocycles. The largest absolute Gasteiger partial charge is 0.316 e. The van der Waals surface area contributed by atoms with Crippen molar-refractivity contribution in [2.24, 2.45) is 5.41 Å². The molecule has 1 N–H and O–H groups in total. The summed E-state index contributed by atoms with van der Waals surface area (Å²) in [6, 6.07) is 0. The number of likely N-dealkylation sites (tertiary alicyclic amines) is 1. The molecule has 1 aliphatic carbocycles. The molecule has 4 rings (SSSR count). The zero-order chi connectivity index (χ0) is 12.0. The summed E-state index contributed by atoms with van der Waals surface area (Å²) in [6.45, 7) is 6.19. The Balaban J connectivity index is 1.44. The minimum absolute atomic E-state index is 0.602. The van der Waals surface area contributed by atoms with Crippen LogP contribution in [0.25, 0.3) is 0 Å². The van der Waals surface area contributed by atoms with Gasteiger partial charge in [0.05, 0.1) is 11.2 Å². The number of thiazole rings is 1. The Bertz CT molecular complexity index is 432. The van der Waals surface area contributed by atoms with Crippen molar-refractivity contribution in [3.63, 3.8) is 0 Å². The van der Waals surface area contributed by atoms with Gasteiger partial charge < -0.3 is 5.32 Å². The first-order valence-corrected chi connectivity index (χ1v) is 8.08. The van der Waals surface area contributed by atoms with Crippen molar-refractivity contribution in [1.82, 2.24) is 15.2 Å². The van der Waals surface area contributed by atoms with Crippen molar-refractivity contribution in [1.29, 1.82) is 0 Å². The van der Waals surface area contributed by atoms with Gasteiger partial charge in [0, 0.05) is 30.4 Å². The Hall–Kier alpha value is -0.450. The third-order valence-corrected chi connectivity index (χ3v) is 5.69. The molecule has 3 heterocycles. The highest BCUT2D eigenvalue weighted by Crippen LogP contribution is 2.43. The summed E-state index contributed by atoms with van der Waals surface area (Å²) < 4.78 is 0. The average molecular weight is 263 g/mol. The summed E-state index contributed by atoms with van der Waals surface area (Å²) in [7, 11) is 0. The molecule has 3 aliphatic rings. The summed E-state index contributed by atoms with van der Waals surface area (Å²) in [5, 5.41) is 3.54. The van der Waals surface area contributed by atoms with Gasteiger partial charge >= 0.3 is 0 Å². The minimum Gasteiger partial charge on any atom is -0.316 e. The van der Waals surface area contributed by atoms with Crippen LogP contribution in [0.15, 0.2) is 5.51 Å². The molecule has 0 aromatic carbocycles. The van der Waals surface area contributed by atoms with E-state index in [2.05, 4.69) is 15.2 Å². The predicted molar refractivity (Wildman–Crippen MR) is 73.9 cm³/mol. The molecular formula is C14H21N3S. The quantitative estimate of drug-likeness (QED) is 0.906. The molecule has 0 bridgehead atoms. The van der Waals surface area contributed by atoms with Crippen molar-refractivity contribution in [2.75, 3.05) is 26.2 Å². The van der Waals surface area contributed by atoms with Crippen LogP contribution in [0.3, 0.4) is 0 Å². The second-order valence-electron chi connectivity index (χ2n) is 6.32. The molecule has 3 fully saturated rings. The van der Waals surface area contributed by atoms with E-state index in [1.165, 1.54) is 57.6 Å². The molecule has 2 aliphatic heterocycles. The highest BCUT2D eigenvalue weighted by molar-refractivity contribution is 7.09. The molecule has 3 nitrogen and oxygen atoms in total. The van der Waals surface area contributed by atoms with E-state index in [1.54, 1.807) is 4.88 Å². The van der Waals surface area contributed by atoms with Gasteiger partial charge in [0.2, 0.25) is 0 Å². The van der Waals surface area contributed by atoms with Crippen LogP contribution in [0.5, 0.6) is 0 Å². The number of aromatic nitrogens is 1. The first-order chi connectivity index (χ1) is 8.85. The molecule has 1 spiro atoms. The van der Waals surface area contributed by atoms with Gasteiger partial charge in [-0.05, 0) is 44.2 Å². The summed E-state index contributed by atoms with van der Waals surface area (Å²) in [6.07, 6.45) is 5.49. The number of rotatable bonds is 3. The normalized spacial score (nSPS) is 32.7. The van der Waals surface area contributed by atoms with Crippen molar-refractivity contribution in [2.45, 2.75) is 38.1 Å². The minimum atomic E-state index is 0.602.